The Morgan fingerprint density at radius 3 is 2.83 bits per heavy atom. The van der Waals surface area contributed by atoms with Crippen LogP contribution in [0, 0.1) is 12.3 Å². The van der Waals surface area contributed by atoms with E-state index < -0.39 is 11.4 Å². The topological polar surface area (TPSA) is 87.5 Å². The van der Waals surface area contributed by atoms with Gasteiger partial charge in [0.25, 0.3) is 0 Å². The molecule has 0 spiro atoms. The summed E-state index contributed by atoms with van der Waals surface area (Å²) in [5, 5.41) is 16.5. The number of rotatable bonds is 6. The molecule has 1 aromatic rings. The molecule has 1 unspecified atom stereocenters. The van der Waals surface area contributed by atoms with E-state index in [-0.39, 0.29) is 12.6 Å². The van der Waals surface area contributed by atoms with Gasteiger partial charge in [-0.15, -0.1) is 0 Å². The lowest BCUT2D eigenvalue weighted by Crippen LogP contribution is -2.40. The third kappa shape index (κ3) is 4.03. The second kappa shape index (κ2) is 7.02. The molecule has 7 nitrogen and oxygen atoms in total. The summed E-state index contributed by atoms with van der Waals surface area (Å²) in [5.74, 6) is -0.846. The van der Waals surface area contributed by atoms with E-state index in [4.69, 9.17) is 0 Å². The Hall–Kier alpha value is -2.05. The van der Waals surface area contributed by atoms with Crippen LogP contribution in [0.15, 0.2) is 6.20 Å². The van der Waals surface area contributed by atoms with Gasteiger partial charge in [0, 0.05) is 37.9 Å². The third-order valence-corrected chi connectivity index (χ3v) is 4.50. The average Bonchev–Trinajstić information content (AvgIpc) is 3.07. The fourth-order valence-corrected chi connectivity index (χ4v) is 2.76. The van der Waals surface area contributed by atoms with Gasteiger partial charge in [0.15, 0.2) is 0 Å². The molecule has 1 aromatic heterocycles. The highest BCUT2D eigenvalue weighted by Crippen LogP contribution is 2.29. The van der Waals surface area contributed by atoms with E-state index in [1.165, 1.54) is 0 Å². The maximum Gasteiger partial charge on any atom is 0.317 e. The minimum atomic E-state index is -0.846. The first-order valence-electron chi connectivity index (χ1n) is 8.15. The van der Waals surface area contributed by atoms with E-state index in [0.717, 1.165) is 30.6 Å². The van der Waals surface area contributed by atoms with Gasteiger partial charge in [0.05, 0.1) is 11.1 Å². The Bertz CT molecular complexity index is 584. The van der Waals surface area contributed by atoms with E-state index in [1.807, 2.05) is 17.8 Å². The molecule has 1 atom stereocenters. The van der Waals surface area contributed by atoms with Crippen LogP contribution in [0.25, 0.3) is 0 Å². The summed E-state index contributed by atoms with van der Waals surface area (Å²) in [7, 11) is 0. The highest BCUT2D eigenvalue weighted by molar-refractivity contribution is 5.79. The van der Waals surface area contributed by atoms with Crippen LogP contribution in [0.1, 0.15) is 44.4 Å². The number of carbonyl (C=O) groups is 2. The first-order valence-corrected chi connectivity index (χ1v) is 8.15. The molecule has 0 saturated carbocycles. The molecule has 0 aliphatic carbocycles. The van der Waals surface area contributed by atoms with Crippen molar-refractivity contribution in [1.82, 2.24) is 20.0 Å². The number of nitrogens with zero attached hydrogens (tertiary/aromatic N) is 3. The van der Waals surface area contributed by atoms with Gasteiger partial charge in [0.2, 0.25) is 0 Å². The SMILES string of the molecule is CCCCn1cc(CNC(=O)N2CCC(C)(C(=O)O)C2)c(C)n1. The second-order valence-electron chi connectivity index (χ2n) is 6.55. The number of likely N-dealkylation sites (tertiary alicyclic amines) is 1. The van der Waals surface area contributed by atoms with Gasteiger partial charge in [-0.25, -0.2) is 4.79 Å². The summed E-state index contributed by atoms with van der Waals surface area (Å²) in [5.41, 5.74) is 1.08. The van der Waals surface area contributed by atoms with Gasteiger partial charge in [-0.2, -0.15) is 5.10 Å². The van der Waals surface area contributed by atoms with Gasteiger partial charge in [0.1, 0.15) is 0 Å². The number of urea groups is 1. The molecular formula is C16H26N4O3. The highest BCUT2D eigenvalue weighted by Gasteiger charge is 2.42. The predicted molar refractivity (Wildman–Crippen MR) is 86.0 cm³/mol. The van der Waals surface area contributed by atoms with Gasteiger partial charge in [-0.3, -0.25) is 9.48 Å². The quantitative estimate of drug-likeness (QED) is 0.838. The zero-order valence-electron chi connectivity index (χ0n) is 14.1. The largest absolute Gasteiger partial charge is 0.481 e. The summed E-state index contributed by atoms with van der Waals surface area (Å²) in [4.78, 5) is 25.0. The number of aryl methyl sites for hydroxylation is 2. The van der Waals surface area contributed by atoms with Crippen LogP contribution in [0.3, 0.4) is 0 Å². The van der Waals surface area contributed by atoms with Crippen LogP contribution in [0.5, 0.6) is 0 Å². The maximum atomic E-state index is 12.2. The van der Waals surface area contributed by atoms with Crippen LogP contribution in [0.2, 0.25) is 0 Å². The van der Waals surface area contributed by atoms with Crippen molar-refractivity contribution in [2.45, 2.75) is 53.1 Å². The molecule has 0 bridgehead atoms. The first-order chi connectivity index (χ1) is 10.9. The zero-order valence-corrected chi connectivity index (χ0v) is 14.1. The lowest BCUT2D eigenvalue weighted by Gasteiger charge is -2.20. The standard InChI is InChI=1S/C16H26N4O3/c1-4-5-7-20-10-13(12(2)18-20)9-17-15(23)19-8-6-16(3,11-19)14(21)22/h10H,4-9,11H2,1-3H3,(H,17,23)(H,21,22). The lowest BCUT2D eigenvalue weighted by molar-refractivity contribution is -0.147. The monoisotopic (exact) mass is 322 g/mol. The van der Waals surface area contributed by atoms with E-state index in [1.54, 1.807) is 11.8 Å². The van der Waals surface area contributed by atoms with Crippen molar-refractivity contribution >= 4 is 12.0 Å². The van der Waals surface area contributed by atoms with Gasteiger partial charge in [-0.1, -0.05) is 13.3 Å². The first kappa shape index (κ1) is 17.3. The highest BCUT2D eigenvalue weighted by atomic mass is 16.4. The molecule has 1 aliphatic heterocycles. The zero-order chi connectivity index (χ0) is 17.0. The van der Waals surface area contributed by atoms with Crippen LogP contribution in [0.4, 0.5) is 4.79 Å². The summed E-state index contributed by atoms with van der Waals surface area (Å²) >= 11 is 0. The molecular weight excluding hydrogens is 296 g/mol. The summed E-state index contributed by atoms with van der Waals surface area (Å²) in [6, 6.07) is -0.212. The Balaban J connectivity index is 1.88. The summed E-state index contributed by atoms with van der Waals surface area (Å²) in [6.45, 7) is 7.78. The van der Waals surface area contributed by atoms with Crippen molar-refractivity contribution in [3.05, 3.63) is 17.5 Å². The minimum absolute atomic E-state index is 0.212. The number of hydrogen-bond acceptors (Lipinski definition) is 3. The lowest BCUT2D eigenvalue weighted by atomic mass is 9.90. The fourth-order valence-electron chi connectivity index (χ4n) is 2.76. The molecule has 1 saturated heterocycles. The minimum Gasteiger partial charge on any atom is -0.481 e. The van der Waals surface area contributed by atoms with E-state index in [9.17, 15) is 14.7 Å². The molecule has 2 amide bonds. The number of carboxylic acids is 1. The fraction of sp³-hybridized carbons (Fsp3) is 0.688. The van der Waals surface area contributed by atoms with Crippen molar-refractivity contribution < 1.29 is 14.7 Å². The Morgan fingerprint density at radius 1 is 1.48 bits per heavy atom. The smallest absolute Gasteiger partial charge is 0.317 e. The molecule has 23 heavy (non-hydrogen) atoms. The van der Waals surface area contributed by atoms with Crippen molar-refractivity contribution in [1.29, 1.82) is 0 Å². The normalized spacial score (nSPS) is 20.7. The van der Waals surface area contributed by atoms with Gasteiger partial charge >= 0.3 is 12.0 Å². The maximum absolute atomic E-state index is 12.2. The number of aliphatic carboxylic acids is 1. The van der Waals surface area contributed by atoms with Crippen molar-refractivity contribution in [2.75, 3.05) is 13.1 Å². The molecule has 128 valence electrons. The predicted octanol–water partition coefficient (Wildman–Crippen LogP) is 2.00. The molecule has 2 rings (SSSR count). The summed E-state index contributed by atoms with van der Waals surface area (Å²) in [6.07, 6.45) is 4.65. The average molecular weight is 322 g/mol. The van der Waals surface area contributed by atoms with Gasteiger partial charge < -0.3 is 15.3 Å². The molecule has 7 heteroatoms. The molecule has 0 radical (unpaired) electrons. The van der Waals surface area contributed by atoms with Gasteiger partial charge in [-0.05, 0) is 26.7 Å². The second-order valence-corrected chi connectivity index (χ2v) is 6.55. The molecule has 1 fully saturated rings. The number of amides is 2. The summed E-state index contributed by atoms with van der Waals surface area (Å²) < 4.78 is 1.91. The van der Waals surface area contributed by atoms with Crippen LogP contribution in [-0.4, -0.2) is 44.9 Å². The Labute approximate surface area is 136 Å². The number of nitrogens with one attached hydrogen (secondary N) is 1. The van der Waals surface area contributed by atoms with Crippen LogP contribution >= 0.6 is 0 Å². The van der Waals surface area contributed by atoms with Crippen molar-refractivity contribution in [2.24, 2.45) is 5.41 Å². The number of unbranched alkanes of at least 4 members (excludes halogenated alkanes) is 1. The van der Waals surface area contributed by atoms with Crippen molar-refractivity contribution in [3.8, 4) is 0 Å². The Kier molecular flexibility index (Phi) is 5.28. The van der Waals surface area contributed by atoms with E-state index >= 15 is 0 Å². The molecule has 0 aromatic carbocycles. The van der Waals surface area contributed by atoms with E-state index in [2.05, 4.69) is 17.3 Å². The third-order valence-electron chi connectivity index (χ3n) is 4.50. The number of aromatic nitrogens is 2. The van der Waals surface area contributed by atoms with Crippen LogP contribution < -0.4 is 5.32 Å². The Morgan fingerprint density at radius 2 is 2.22 bits per heavy atom. The number of hydrogen-bond donors (Lipinski definition) is 2. The van der Waals surface area contributed by atoms with E-state index in [0.29, 0.717) is 19.5 Å². The van der Waals surface area contributed by atoms with Crippen LogP contribution in [-0.2, 0) is 17.9 Å². The molecule has 2 N–H and O–H groups in total. The number of carbonyl (C=O) groups excluding carboxylic acids is 1. The van der Waals surface area contributed by atoms with Crippen molar-refractivity contribution in [3.63, 3.8) is 0 Å². The number of carboxylic acid groups (broad SMARTS) is 1. The molecule has 2 heterocycles. The molecule has 1 aliphatic rings.